The van der Waals surface area contributed by atoms with Crippen LogP contribution < -0.4 is 62.8 Å². The fourth-order valence-corrected chi connectivity index (χ4v) is 4.52. The number of hydrogen-bond acceptors (Lipinski definition) is 12. The highest BCUT2D eigenvalue weighted by atomic mass is 16.5. The van der Waals surface area contributed by atoms with E-state index in [2.05, 4.69) is 0 Å². The Labute approximate surface area is 238 Å². The van der Waals surface area contributed by atoms with Crippen LogP contribution in [0.5, 0.6) is 69.0 Å². The first kappa shape index (κ1) is 24.7. The zero-order valence-electron chi connectivity index (χ0n) is 21.8. The molecule has 0 unspecified atom stereocenters. The van der Waals surface area contributed by atoms with Gasteiger partial charge in [-0.1, -0.05) is 0 Å². The van der Waals surface area contributed by atoms with Gasteiger partial charge in [0.2, 0.25) is 0 Å². The molecule has 0 fully saturated rings. The van der Waals surface area contributed by atoms with Crippen LogP contribution in [0.25, 0.3) is 0 Å². The number of rotatable bonds is 0. The monoisotopic (exact) mass is 564 g/mol. The minimum absolute atomic E-state index is 0.272. The molecule has 12 heteroatoms. The summed E-state index contributed by atoms with van der Waals surface area (Å²) in [4.78, 5) is 0. The van der Waals surface area contributed by atoms with E-state index in [0.717, 1.165) is 0 Å². The number of benzene rings is 5. The maximum atomic E-state index is 6.27. The molecule has 210 valence electrons. The molecule has 8 rings (SSSR count). The predicted molar refractivity (Wildman–Crippen MR) is 159 cm³/mol. The smallest absolute Gasteiger partial charge is 0.154 e. The van der Waals surface area contributed by atoms with Gasteiger partial charge in [-0.25, -0.2) is 0 Å². The van der Waals surface area contributed by atoms with E-state index in [-0.39, 0.29) is 68.6 Å². The molecule has 12 nitrogen and oxygen atoms in total. The molecule has 0 radical (unpaired) electrons. The lowest BCUT2D eigenvalue weighted by atomic mass is 10.2. The van der Waals surface area contributed by atoms with Gasteiger partial charge in [-0.15, -0.1) is 0 Å². The molecular formula is C30H24N6O6. The van der Waals surface area contributed by atoms with Gasteiger partial charge >= 0.3 is 0 Å². The van der Waals surface area contributed by atoms with Crippen LogP contribution in [0.15, 0.2) is 72.8 Å². The summed E-state index contributed by atoms with van der Waals surface area (Å²) in [7, 11) is 0. The van der Waals surface area contributed by atoms with Crippen molar-refractivity contribution < 1.29 is 28.4 Å². The highest BCUT2D eigenvalue weighted by molar-refractivity contribution is 5.72. The van der Waals surface area contributed by atoms with Gasteiger partial charge in [-0.3, -0.25) is 0 Å². The molecule has 0 spiro atoms. The van der Waals surface area contributed by atoms with Crippen LogP contribution in [0.2, 0.25) is 0 Å². The quantitative estimate of drug-likeness (QED) is 0.108. The van der Waals surface area contributed by atoms with Gasteiger partial charge in [0.05, 0.1) is 34.1 Å². The van der Waals surface area contributed by atoms with Gasteiger partial charge in [0.1, 0.15) is 34.5 Å². The van der Waals surface area contributed by atoms with Crippen molar-refractivity contribution in [1.82, 2.24) is 0 Å². The Bertz CT molecular complexity index is 1560. The van der Waals surface area contributed by atoms with Crippen LogP contribution in [-0.2, 0) is 0 Å². The average Bonchev–Trinajstić information content (AvgIpc) is 2.91. The first-order valence-electron chi connectivity index (χ1n) is 12.6. The topological polar surface area (TPSA) is 211 Å². The van der Waals surface area contributed by atoms with Crippen LogP contribution in [0.1, 0.15) is 0 Å². The van der Waals surface area contributed by atoms with Crippen molar-refractivity contribution in [2.45, 2.75) is 0 Å². The van der Waals surface area contributed by atoms with Gasteiger partial charge < -0.3 is 62.8 Å². The molecular weight excluding hydrogens is 540 g/mol. The Balaban J connectivity index is 1.54. The zero-order valence-corrected chi connectivity index (χ0v) is 21.8. The lowest BCUT2D eigenvalue weighted by molar-refractivity contribution is 0.422. The predicted octanol–water partition coefficient (Wildman–Crippen LogP) is 6.56. The lowest BCUT2D eigenvalue weighted by Gasteiger charge is -2.20. The van der Waals surface area contributed by atoms with Gasteiger partial charge in [0.25, 0.3) is 0 Å². The largest absolute Gasteiger partial charge is 0.455 e. The van der Waals surface area contributed by atoms with Crippen molar-refractivity contribution in [1.29, 1.82) is 0 Å². The molecule has 0 amide bonds. The van der Waals surface area contributed by atoms with Crippen molar-refractivity contribution in [2.75, 3.05) is 34.4 Å². The maximum Gasteiger partial charge on any atom is 0.154 e. The molecule has 0 saturated carbocycles. The van der Waals surface area contributed by atoms with Crippen molar-refractivity contribution in [3.8, 4) is 69.0 Å². The van der Waals surface area contributed by atoms with Crippen LogP contribution in [0.4, 0.5) is 34.1 Å². The number of nitrogen functional groups attached to an aromatic ring is 6. The highest BCUT2D eigenvalue weighted by Crippen LogP contribution is 2.46. The Hall–Kier alpha value is -6.30. The third kappa shape index (κ3) is 4.48. The first-order valence-corrected chi connectivity index (χ1v) is 12.6. The summed E-state index contributed by atoms with van der Waals surface area (Å²) in [5, 5.41) is 0. The molecule has 3 aliphatic heterocycles. The van der Waals surface area contributed by atoms with Crippen molar-refractivity contribution in [3.05, 3.63) is 72.8 Å². The highest BCUT2D eigenvalue weighted by Gasteiger charge is 2.19. The average molecular weight is 565 g/mol. The maximum absolute atomic E-state index is 6.27. The molecule has 5 aromatic carbocycles. The number of anilines is 6. The normalized spacial score (nSPS) is 12.6. The Kier molecular flexibility index (Phi) is 5.37. The second-order valence-electron chi connectivity index (χ2n) is 9.68. The molecule has 0 saturated heterocycles. The summed E-state index contributed by atoms with van der Waals surface area (Å²) in [5.74, 6) is 3.49. The summed E-state index contributed by atoms with van der Waals surface area (Å²) >= 11 is 0. The SMILES string of the molecule is Nc1cc(N)c2cc1Oc1cc3cc(c1)Oc1cc(c(N)cc1N)Oc1cc(cc(c1)Oc1cc(c(N)cc1N)O3)O2. The number of ether oxygens (including phenoxy) is 6. The van der Waals surface area contributed by atoms with E-state index in [1.165, 1.54) is 18.2 Å². The summed E-state index contributed by atoms with van der Waals surface area (Å²) in [6.45, 7) is 0. The molecule has 12 bridgehead atoms. The molecule has 0 aromatic heterocycles. The molecule has 12 N–H and O–H groups in total. The zero-order chi connectivity index (χ0) is 29.1. The van der Waals surface area contributed by atoms with Gasteiger partial charge in [-0.05, 0) is 18.2 Å². The first-order chi connectivity index (χ1) is 20.2. The Morgan fingerprint density at radius 2 is 0.405 bits per heavy atom. The molecule has 0 aliphatic carbocycles. The van der Waals surface area contributed by atoms with E-state index in [4.69, 9.17) is 62.8 Å². The summed E-state index contributed by atoms with van der Waals surface area (Å²) in [5.41, 5.74) is 39.2. The van der Waals surface area contributed by atoms with Crippen molar-refractivity contribution >= 4 is 34.1 Å². The van der Waals surface area contributed by atoms with Gasteiger partial charge in [0.15, 0.2) is 34.5 Å². The Morgan fingerprint density at radius 1 is 0.238 bits per heavy atom. The summed E-state index contributed by atoms with van der Waals surface area (Å²) < 4.78 is 37.2. The van der Waals surface area contributed by atoms with E-state index in [9.17, 15) is 0 Å². The second kappa shape index (κ2) is 9.13. The van der Waals surface area contributed by atoms with E-state index >= 15 is 0 Å². The second-order valence-corrected chi connectivity index (χ2v) is 9.68. The van der Waals surface area contributed by atoms with Crippen LogP contribution >= 0.6 is 0 Å². The number of hydrogen-bond donors (Lipinski definition) is 6. The van der Waals surface area contributed by atoms with E-state index in [0.29, 0.717) is 34.5 Å². The van der Waals surface area contributed by atoms with E-state index in [1.807, 2.05) is 0 Å². The molecule has 42 heavy (non-hydrogen) atoms. The Morgan fingerprint density at radius 3 is 0.571 bits per heavy atom. The van der Waals surface area contributed by atoms with Crippen molar-refractivity contribution in [2.24, 2.45) is 0 Å². The molecule has 3 heterocycles. The fraction of sp³-hybridized carbons (Fsp3) is 0. The standard InChI is InChI=1S/C30H24N6O6/c31-19-7-21(33)27-10-25(19)37-13-1-14-3-15(2-13)39-29-12-30(24(36)9-23(29)35)42-18-5-16(40-27)4-17(6-18)41-28-11-26(38-14)20(32)8-22(28)34/h1-12H,31-36H2. The van der Waals surface area contributed by atoms with Crippen LogP contribution in [0.3, 0.4) is 0 Å². The van der Waals surface area contributed by atoms with Crippen molar-refractivity contribution in [3.63, 3.8) is 0 Å². The third-order valence-corrected chi connectivity index (χ3v) is 6.50. The molecule has 0 atom stereocenters. The van der Waals surface area contributed by atoms with Gasteiger partial charge in [-0.2, -0.15) is 0 Å². The minimum atomic E-state index is 0.272. The third-order valence-electron chi connectivity index (χ3n) is 6.50. The summed E-state index contributed by atoms with van der Waals surface area (Å²) in [6.07, 6.45) is 0. The fourth-order valence-electron chi connectivity index (χ4n) is 4.52. The van der Waals surface area contributed by atoms with E-state index in [1.54, 1.807) is 54.6 Å². The van der Waals surface area contributed by atoms with E-state index < -0.39 is 0 Å². The lowest BCUT2D eigenvalue weighted by Crippen LogP contribution is -2.02. The summed E-state index contributed by atoms with van der Waals surface area (Å²) in [6, 6.07) is 19.1. The van der Waals surface area contributed by atoms with Crippen LogP contribution in [-0.4, -0.2) is 0 Å². The number of nitrogens with two attached hydrogens (primary N) is 6. The minimum Gasteiger partial charge on any atom is -0.455 e. The van der Waals surface area contributed by atoms with Crippen LogP contribution in [0, 0.1) is 0 Å². The molecule has 5 aromatic rings. The van der Waals surface area contributed by atoms with Gasteiger partial charge in [0, 0.05) is 54.6 Å². The molecule has 3 aliphatic rings.